The lowest BCUT2D eigenvalue weighted by Crippen LogP contribution is -2.31. The molecular weight excluding hydrogens is 396 g/mol. The summed E-state index contributed by atoms with van der Waals surface area (Å²) in [4.78, 5) is 3.42. The maximum atomic E-state index is 10.4. The molecule has 0 saturated heterocycles. The number of rotatable bonds is 8. The van der Waals surface area contributed by atoms with E-state index in [2.05, 4.69) is 58.8 Å². The second kappa shape index (κ2) is 9.27. The van der Waals surface area contributed by atoms with Gasteiger partial charge in [0.25, 0.3) is 0 Å². The Morgan fingerprint density at radius 2 is 1.47 bits per heavy atom. The Bertz CT molecular complexity index is 1310. The number of aliphatic hydroxyl groups is 1. The number of para-hydroxylation sites is 1. The van der Waals surface area contributed by atoms with Crippen LogP contribution in [0.1, 0.15) is 5.56 Å². The summed E-state index contributed by atoms with van der Waals surface area (Å²) in [6.45, 7) is 1.40. The van der Waals surface area contributed by atoms with Crippen molar-refractivity contribution in [2.45, 2.75) is 12.6 Å². The molecule has 4 nitrogen and oxygen atoms in total. The molecule has 4 heteroatoms. The Kier molecular flexibility index (Phi) is 5.88. The van der Waals surface area contributed by atoms with Gasteiger partial charge in [0.1, 0.15) is 18.5 Å². The molecule has 0 aliphatic rings. The summed E-state index contributed by atoms with van der Waals surface area (Å²) in [6, 6.07) is 33.0. The van der Waals surface area contributed by atoms with E-state index < -0.39 is 6.10 Å². The largest absolute Gasteiger partial charge is 0.490 e. The molecule has 0 amide bonds. The van der Waals surface area contributed by atoms with E-state index in [0.717, 1.165) is 27.6 Å². The molecule has 0 unspecified atom stereocenters. The molecule has 0 spiro atoms. The smallest absolute Gasteiger partial charge is 0.129 e. The van der Waals surface area contributed by atoms with Gasteiger partial charge in [0.05, 0.1) is 5.52 Å². The lowest BCUT2D eigenvalue weighted by atomic mass is 10.0. The first kappa shape index (κ1) is 20.3. The van der Waals surface area contributed by atoms with E-state index in [9.17, 15) is 5.11 Å². The van der Waals surface area contributed by atoms with Gasteiger partial charge in [-0.15, -0.1) is 0 Å². The Morgan fingerprint density at radius 3 is 2.31 bits per heavy atom. The van der Waals surface area contributed by atoms with Crippen molar-refractivity contribution in [1.29, 1.82) is 0 Å². The van der Waals surface area contributed by atoms with Crippen molar-refractivity contribution >= 4 is 21.8 Å². The van der Waals surface area contributed by atoms with Crippen LogP contribution >= 0.6 is 0 Å². The Hall–Kier alpha value is -3.60. The SMILES string of the molecule is O[C@@H](CNCc1ccc(-c2ccccc2)cc1)COc1cccc2[nH]c3ccccc3c12. The molecule has 1 aromatic heterocycles. The third-order valence-electron chi connectivity index (χ3n) is 5.69. The summed E-state index contributed by atoms with van der Waals surface area (Å²) in [5, 5.41) is 15.9. The van der Waals surface area contributed by atoms with Gasteiger partial charge in [-0.2, -0.15) is 0 Å². The third kappa shape index (κ3) is 4.37. The number of aromatic amines is 1. The highest BCUT2D eigenvalue weighted by Gasteiger charge is 2.11. The van der Waals surface area contributed by atoms with E-state index in [0.29, 0.717) is 13.1 Å². The van der Waals surface area contributed by atoms with Crippen LogP contribution in [0.4, 0.5) is 0 Å². The molecule has 0 fully saturated rings. The molecular formula is C28H26N2O2. The first-order valence-corrected chi connectivity index (χ1v) is 10.9. The molecule has 0 saturated carbocycles. The van der Waals surface area contributed by atoms with Gasteiger partial charge in [0.2, 0.25) is 0 Å². The van der Waals surface area contributed by atoms with E-state index in [1.807, 2.05) is 48.5 Å². The summed E-state index contributed by atoms with van der Waals surface area (Å²) in [7, 11) is 0. The minimum absolute atomic E-state index is 0.235. The first-order chi connectivity index (χ1) is 15.8. The fraction of sp³-hybridized carbons (Fsp3) is 0.143. The second-order valence-electron chi connectivity index (χ2n) is 8.01. The number of aliphatic hydroxyl groups excluding tert-OH is 1. The molecule has 5 rings (SSSR count). The van der Waals surface area contributed by atoms with Crippen LogP contribution in [-0.2, 0) is 6.54 Å². The monoisotopic (exact) mass is 422 g/mol. The standard InChI is InChI=1S/C28H26N2O2/c31-23(18-29-17-20-13-15-22(16-14-20)21-7-2-1-3-8-21)19-32-27-12-6-11-26-28(27)24-9-4-5-10-25(24)30-26/h1-16,23,29-31H,17-19H2/t23-/m0/s1. The lowest BCUT2D eigenvalue weighted by Gasteiger charge is -2.14. The number of aromatic nitrogens is 1. The van der Waals surface area contributed by atoms with Crippen LogP contribution in [0.25, 0.3) is 32.9 Å². The summed E-state index contributed by atoms with van der Waals surface area (Å²) >= 11 is 0. The number of nitrogens with one attached hydrogen (secondary N) is 2. The van der Waals surface area contributed by atoms with Crippen LogP contribution in [0.3, 0.4) is 0 Å². The molecule has 0 radical (unpaired) electrons. The van der Waals surface area contributed by atoms with Gasteiger partial charge in [0.15, 0.2) is 0 Å². The normalized spacial score (nSPS) is 12.3. The molecule has 5 aromatic rings. The minimum Gasteiger partial charge on any atom is -0.490 e. The van der Waals surface area contributed by atoms with Crippen LogP contribution in [0.2, 0.25) is 0 Å². The zero-order valence-corrected chi connectivity index (χ0v) is 17.8. The van der Waals surface area contributed by atoms with Gasteiger partial charge in [-0.25, -0.2) is 0 Å². The highest BCUT2D eigenvalue weighted by atomic mass is 16.5. The van der Waals surface area contributed by atoms with Crippen molar-refractivity contribution < 1.29 is 9.84 Å². The Labute approximate surface area is 187 Å². The quantitative estimate of drug-likeness (QED) is 0.309. The van der Waals surface area contributed by atoms with Crippen molar-refractivity contribution in [3.8, 4) is 16.9 Å². The fourth-order valence-corrected chi connectivity index (χ4v) is 4.06. The van der Waals surface area contributed by atoms with Crippen LogP contribution in [-0.4, -0.2) is 29.3 Å². The number of ether oxygens (including phenoxy) is 1. The average molecular weight is 423 g/mol. The molecule has 1 heterocycles. The summed E-state index contributed by atoms with van der Waals surface area (Å²) in [5.74, 6) is 0.788. The third-order valence-corrected chi connectivity index (χ3v) is 5.69. The second-order valence-corrected chi connectivity index (χ2v) is 8.01. The van der Waals surface area contributed by atoms with E-state index in [4.69, 9.17) is 4.74 Å². The van der Waals surface area contributed by atoms with Gasteiger partial charge in [-0.05, 0) is 34.9 Å². The zero-order chi connectivity index (χ0) is 21.8. The average Bonchev–Trinajstić information content (AvgIpc) is 3.23. The van der Waals surface area contributed by atoms with Gasteiger partial charge >= 0.3 is 0 Å². The number of H-pyrrole nitrogens is 1. The van der Waals surface area contributed by atoms with Crippen LogP contribution in [0, 0.1) is 0 Å². The number of hydrogen-bond donors (Lipinski definition) is 3. The molecule has 3 N–H and O–H groups in total. The van der Waals surface area contributed by atoms with Crippen molar-refractivity contribution in [3.63, 3.8) is 0 Å². The Morgan fingerprint density at radius 1 is 0.750 bits per heavy atom. The van der Waals surface area contributed by atoms with Gasteiger partial charge < -0.3 is 20.1 Å². The zero-order valence-electron chi connectivity index (χ0n) is 17.8. The predicted octanol–water partition coefficient (Wildman–Crippen LogP) is 5.52. The molecule has 4 aromatic carbocycles. The topological polar surface area (TPSA) is 57.3 Å². The highest BCUT2D eigenvalue weighted by molar-refractivity contribution is 6.10. The molecule has 1 atom stereocenters. The van der Waals surface area contributed by atoms with Crippen molar-refractivity contribution in [2.75, 3.05) is 13.2 Å². The highest BCUT2D eigenvalue weighted by Crippen LogP contribution is 2.33. The van der Waals surface area contributed by atoms with Crippen LogP contribution < -0.4 is 10.1 Å². The van der Waals surface area contributed by atoms with E-state index in [1.54, 1.807) is 0 Å². The molecule has 160 valence electrons. The molecule has 0 bridgehead atoms. The molecule has 0 aliphatic heterocycles. The Balaban J connectivity index is 1.15. The molecule has 0 aliphatic carbocycles. The van der Waals surface area contributed by atoms with Crippen molar-refractivity contribution in [1.82, 2.24) is 10.3 Å². The van der Waals surface area contributed by atoms with Gasteiger partial charge in [-0.1, -0.05) is 78.9 Å². The van der Waals surface area contributed by atoms with E-state index in [1.165, 1.54) is 16.7 Å². The summed E-state index contributed by atoms with van der Waals surface area (Å²) in [5.41, 5.74) is 5.72. The van der Waals surface area contributed by atoms with Crippen molar-refractivity contribution in [2.24, 2.45) is 0 Å². The minimum atomic E-state index is -0.598. The van der Waals surface area contributed by atoms with E-state index >= 15 is 0 Å². The van der Waals surface area contributed by atoms with Gasteiger partial charge in [0, 0.05) is 29.4 Å². The maximum absolute atomic E-state index is 10.4. The summed E-state index contributed by atoms with van der Waals surface area (Å²) in [6.07, 6.45) is -0.598. The summed E-state index contributed by atoms with van der Waals surface area (Å²) < 4.78 is 6.00. The van der Waals surface area contributed by atoms with Crippen molar-refractivity contribution in [3.05, 3.63) is 103 Å². The van der Waals surface area contributed by atoms with Gasteiger partial charge in [-0.3, -0.25) is 0 Å². The van der Waals surface area contributed by atoms with Crippen LogP contribution in [0.5, 0.6) is 5.75 Å². The van der Waals surface area contributed by atoms with Crippen LogP contribution in [0.15, 0.2) is 97.1 Å². The number of hydrogen-bond acceptors (Lipinski definition) is 3. The number of benzene rings is 4. The lowest BCUT2D eigenvalue weighted by molar-refractivity contribution is 0.107. The fourth-order valence-electron chi connectivity index (χ4n) is 4.06. The number of fused-ring (bicyclic) bond motifs is 3. The predicted molar refractivity (Wildman–Crippen MR) is 131 cm³/mol. The maximum Gasteiger partial charge on any atom is 0.129 e. The first-order valence-electron chi connectivity index (χ1n) is 10.9. The van der Waals surface area contributed by atoms with E-state index in [-0.39, 0.29) is 6.61 Å². The molecule has 32 heavy (non-hydrogen) atoms.